The van der Waals surface area contributed by atoms with E-state index in [4.69, 9.17) is 0 Å². The molecule has 0 radical (unpaired) electrons. The number of aromatic nitrogens is 1. The summed E-state index contributed by atoms with van der Waals surface area (Å²) in [5, 5.41) is 4.00. The summed E-state index contributed by atoms with van der Waals surface area (Å²) >= 11 is 2.65. The second-order valence-electron chi connectivity index (χ2n) is 7.42. The van der Waals surface area contributed by atoms with E-state index < -0.39 is 22.0 Å². The van der Waals surface area contributed by atoms with Crippen LogP contribution in [0.2, 0.25) is 0 Å². The number of fused-ring (bicyclic) bond motifs is 3. The first-order valence-electron chi connectivity index (χ1n) is 10.2. The molecule has 160 valence electrons. The molecule has 0 aliphatic carbocycles. The summed E-state index contributed by atoms with van der Waals surface area (Å²) in [5.74, 6) is -0.393. The summed E-state index contributed by atoms with van der Waals surface area (Å²) in [5.41, 5.74) is 1.03. The minimum Gasteiger partial charge on any atom is -0.317 e. The van der Waals surface area contributed by atoms with Gasteiger partial charge in [-0.15, -0.1) is 11.3 Å². The molecule has 31 heavy (non-hydrogen) atoms. The van der Waals surface area contributed by atoms with Crippen molar-refractivity contribution in [1.29, 1.82) is 0 Å². The minimum absolute atomic E-state index is 0.268. The van der Waals surface area contributed by atoms with Gasteiger partial charge in [-0.3, -0.25) is 4.79 Å². The van der Waals surface area contributed by atoms with E-state index in [0.717, 1.165) is 21.0 Å². The van der Waals surface area contributed by atoms with Crippen LogP contribution in [0.25, 0.3) is 21.0 Å². The Kier molecular flexibility index (Phi) is 5.29. The maximum absolute atomic E-state index is 13.2. The summed E-state index contributed by atoms with van der Waals surface area (Å²) in [6, 6.07) is 14.8. The molecule has 5 rings (SSSR count). The molecule has 1 amide bonds. The number of hydrogen-bond acceptors (Lipinski definition) is 5. The van der Waals surface area contributed by atoms with Crippen molar-refractivity contribution in [2.24, 2.45) is 4.99 Å². The van der Waals surface area contributed by atoms with Gasteiger partial charge in [0.05, 0.1) is 10.2 Å². The zero-order chi connectivity index (χ0) is 21.6. The number of thiophene rings is 1. The van der Waals surface area contributed by atoms with E-state index in [9.17, 15) is 13.2 Å². The highest BCUT2D eigenvalue weighted by Gasteiger charge is 2.39. The highest BCUT2D eigenvalue weighted by atomic mass is 32.2. The van der Waals surface area contributed by atoms with Gasteiger partial charge in [0, 0.05) is 18.5 Å². The molecular weight excluding hydrogens is 450 g/mol. The molecule has 0 N–H and O–H groups in total. The Hall–Kier alpha value is -2.33. The number of sulfonamides is 1. The molecule has 1 saturated heterocycles. The maximum atomic E-state index is 13.2. The van der Waals surface area contributed by atoms with Crippen molar-refractivity contribution in [3.63, 3.8) is 0 Å². The molecule has 2 aromatic heterocycles. The third-order valence-corrected chi connectivity index (χ3v) is 10.1. The molecule has 1 unspecified atom stereocenters. The van der Waals surface area contributed by atoms with Crippen LogP contribution in [0, 0.1) is 0 Å². The van der Waals surface area contributed by atoms with Gasteiger partial charge in [0.15, 0.2) is 4.80 Å². The molecule has 6 nitrogen and oxygen atoms in total. The van der Waals surface area contributed by atoms with Crippen molar-refractivity contribution in [1.82, 2.24) is 8.87 Å². The molecule has 0 spiro atoms. The smallest absolute Gasteiger partial charge is 0.266 e. The zero-order valence-electron chi connectivity index (χ0n) is 16.9. The first-order chi connectivity index (χ1) is 15.0. The summed E-state index contributed by atoms with van der Waals surface area (Å²) in [6.07, 6.45) is 1.15. The monoisotopic (exact) mass is 471 g/mol. The van der Waals surface area contributed by atoms with Crippen LogP contribution in [-0.2, 0) is 21.4 Å². The Morgan fingerprint density at radius 1 is 1.16 bits per heavy atom. The molecule has 3 heterocycles. The molecule has 0 bridgehead atoms. The van der Waals surface area contributed by atoms with Crippen molar-refractivity contribution in [2.75, 3.05) is 6.54 Å². The Morgan fingerprint density at radius 3 is 2.77 bits per heavy atom. The van der Waals surface area contributed by atoms with Gasteiger partial charge < -0.3 is 4.57 Å². The molecule has 0 saturated carbocycles. The second kappa shape index (κ2) is 7.98. The fraction of sp³-hybridized carbons (Fsp3) is 0.273. The van der Waals surface area contributed by atoms with Crippen LogP contribution in [0.1, 0.15) is 19.8 Å². The topological polar surface area (TPSA) is 71.7 Å². The van der Waals surface area contributed by atoms with Crippen LogP contribution >= 0.6 is 22.7 Å². The fourth-order valence-electron chi connectivity index (χ4n) is 4.16. The van der Waals surface area contributed by atoms with Crippen LogP contribution < -0.4 is 4.80 Å². The van der Waals surface area contributed by atoms with E-state index in [1.165, 1.54) is 27.0 Å². The summed E-state index contributed by atoms with van der Waals surface area (Å²) in [6.45, 7) is 3.04. The quantitative estimate of drug-likeness (QED) is 0.447. The lowest BCUT2D eigenvalue weighted by Crippen LogP contribution is -2.40. The number of hydrogen-bond donors (Lipinski definition) is 0. The SMILES string of the molecule is CCn1c(=NC(=O)C2CCCN2S(=O)(=O)c2cccs2)sc2c3ccccc3ccc21. The molecule has 1 fully saturated rings. The molecule has 1 aliphatic rings. The number of benzene rings is 2. The Labute approximate surface area is 188 Å². The number of rotatable bonds is 4. The van der Waals surface area contributed by atoms with Crippen molar-refractivity contribution in [3.8, 4) is 0 Å². The van der Waals surface area contributed by atoms with Gasteiger partial charge in [-0.05, 0) is 42.7 Å². The van der Waals surface area contributed by atoms with Gasteiger partial charge in [0.25, 0.3) is 15.9 Å². The normalized spacial score (nSPS) is 18.4. The predicted molar refractivity (Wildman–Crippen MR) is 125 cm³/mol. The number of thiazole rings is 1. The lowest BCUT2D eigenvalue weighted by atomic mass is 10.1. The number of aryl methyl sites for hydroxylation is 1. The lowest BCUT2D eigenvalue weighted by molar-refractivity contribution is -0.121. The van der Waals surface area contributed by atoms with Gasteiger partial charge in [0.1, 0.15) is 10.3 Å². The van der Waals surface area contributed by atoms with Crippen molar-refractivity contribution < 1.29 is 13.2 Å². The van der Waals surface area contributed by atoms with Gasteiger partial charge >= 0.3 is 0 Å². The van der Waals surface area contributed by atoms with Crippen LogP contribution in [0.15, 0.2) is 63.1 Å². The lowest BCUT2D eigenvalue weighted by Gasteiger charge is -2.20. The molecule has 2 aromatic carbocycles. The van der Waals surface area contributed by atoms with Gasteiger partial charge in [0.2, 0.25) is 0 Å². The van der Waals surface area contributed by atoms with Crippen molar-refractivity contribution in [2.45, 2.75) is 36.6 Å². The van der Waals surface area contributed by atoms with Crippen LogP contribution in [0.4, 0.5) is 0 Å². The highest BCUT2D eigenvalue weighted by Crippen LogP contribution is 2.30. The number of carbonyl (C=O) groups excluding carboxylic acids is 1. The van der Waals surface area contributed by atoms with E-state index in [0.29, 0.717) is 30.7 Å². The van der Waals surface area contributed by atoms with E-state index in [1.54, 1.807) is 17.5 Å². The summed E-state index contributed by atoms with van der Waals surface area (Å²) < 4.78 is 30.7. The second-order valence-corrected chi connectivity index (χ2v) is 11.5. The molecule has 9 heteroatoms. The van der Waals surface area contributed by atoms with Gasteiger partial charge in [-0.1, -0.05) is 47.7 Å². The largest absolute Gasteiger partial charge is 0.317 e. The Balaban J connectivity index is 1.58. The first kappa shape index (κ1) is 20.6. The van der Waals surface area contributed by atoms with Crippen LogP contribution in [-0.4, -0.2) is 35.8 Å². The first-order valence-corrected chi connectivity index (χ1v) is 13.3. The van der Waals surface area contributed by atoms with E-state index in [2.05, 4.69) is 29.3 Å². The fourth-order valence-corrected chi connectivity index (χ4v) is 8.16. The van der Waals surface area contributed by atoms with Gasteiger partial charge in [-0.2, -0.15) is 9.30 Å². The molecular formula is C22H21N3O3S3. The maximum Gasteiger partial charge on any atom is 0.266 e. The predicted octanol–water partition coefficient (Wildman–Crippen LogP) is 4.22. The van der Waals surface area contributed by atoms with E-state index >= 15 is 0 Å². The number of amides is 1. The Morgan fingerprint density at radius 2 is 2.00 bits per heavy atom. The standard InChI is InChI=1S/C22H21N3O3S3/c1-2-24-17-12-11-15-7-3-4-8-16(15)20(17)30-22(24)23-21(26)18-9-5-13-25(18)31(27,28)19-10-6-14-29-19/h3-4,6-8,10-12,14,18H,2,5,9,13H2,1H3. The average molecular weight is 472 g/mol. The van der Waals surface area contributed by atoms with Gasteiger partial charge in [-0.25, -0.2) is 8.42 Å². The van der Waals surface area contributed by atoms with Crippen molar-refractivity contribution >= 4 is 59.6 Å². The third kappa shape index (κ3) is 3.45. The summed E-state index contributed by atoms with van der Waals surface area (Å²) in [7, 11) is -3.68. The minimum atomic E-state index is -3.68. The average Bonchev–Trinajstić information content (AvgIpc) is 3.53. The van der Waals surface area contributed by atoms with Crippen LogP contribution in [0.5, 0.6) is 0 Å². The van der Waals surface area contributed by atoms with E-state index in [1.807, 2.05) is 23.6 Å². The third-order valence-electron chi connectivity index (χ3n) is 5.64. The number of carbonyl (C=O) groups is 1. The summed E-state index contributed by atoms with van der Waals surface area (Å²) in [4.78, 5) is 18.2. The highest BCUT2D eigenvalue weighted by molar-refractivity contribution is 7.91. The molecule has 4 aromatic rings. The molecule has 1 aliphatic heterocycles. The van der Waals surface area contributed by atoms with E-state index in [-0.39, 0.29) is 4.21 Å². The Bertz CT molecular complexity index is 1450. The molecule has 1 atom stereocenters. The van der Waals surface area contributed by atoms with Crippen LogP contribution in [0.3, 0.4) is 0 Å². The number of nitrogens with zero attached hydrogens (tertiary/aromatic N) is 3. The zero-order valence-corrected chi connectivity index (χ0v) is 19.3. The van der Waals surface area contributed by atoms with Crippen molar-refractivity contribution in [3.05, 3.63) is 58.7 Å².